The summed E-state index contributed by atoms with van der Waals surface area (Å²) in [6, 6.07) is 0. The quantitative estimate of drug-likeness (QED) is 0.0965. The second-order valence-electron chi connectivity index (χ2n) is 8.03. The van der Waals surface area contributed by atoms with Gasteiger partial charge in [-0.25, -0.2) is 0 Å². The van der Waals surface area contributed by atoms with Gasteiger partial charge in [0, 0.05) is 73.2 Å². The fourth-order valence-electron chi connectivity index (χ4n) is 1.70. The van der Waals surface area contributed by atoms with Crippen molar-refractivity contribution in [3.05, 3.63) is 0 Å². The Kier molecular flexibility index (Phi) is 31.5. The summed E-state index contributed by atoms with van der Waals surface area (Å²) in [5.41, 5.74) is 0. The summed E-state index contributed by atoms with van der Waals surface area (Å²) < 4.78 is 43.0. The molecule has 41 heavy (non-hydrogen) atoms. The van der Waals surface area contributed by atoms with Gasteiger partial charge >= 0.3 is 21.7 Å². The summed E-state index contributed by atoms with van der Waals surface area (Å²) in [5, 5.41) is 39.3. The summed E-state index contributed by atoms with van der Waals surface area (Å²) in [4.78, 5) is 74.6. The molecule has 240 valence electrons. The Morgan fingerprint density at radius 3 is 0.634 bits per heavy atom. The van der Waals surface area contributed by atoms with Crippen molar-refractivity contribution in [3.8, 4) is 0 Å². The number of carbonyl (C=O) groups is 4. The maximum Gasteiger partial charge on any atom is 4.00 e. The number of aliphatic carboxylic acids is 4. The van der Waals surface area contributed by atoms with Gasteiger partial charge in [-0.1, -0.05) is 27.7 Å². The van der Waals surface area contributed by atoms with Gasteiger partial charge < -0.3 is 59.2 Å². The molecule has 16 nitrogen and oxygen atoms in total. The normalized spacial score (nSPS) is 15.8. The first-order valence-electron chi connectivity index (χ1n) is 11.9. The molecule has 0 aromatic rings. The van der Waals surface area contributed by atoms with E-state index in [9.17, 15) is 57.9 Å². The maximum absolute atomic E-state index is 10.8. The molecule has 0 aliphatic carbocycles. The van der Waals surface area contributed by atoms with Crippen LogP contribution in [0.5, 0.6) is 0 Å². The Bertz CT molecular complexity index is 819. The Labute approximate surface area is 254 Å². The van der Waals surface area contributed by atoms with Crippen molar-refractivity contribution in [2.24, 2.45) is 0 Å². The molecule has 0 aliphatic rings. The first kappa shape index (κ1) is 50.0. The van der Waals surface area contributed by atoms with Crippen LogP contribution in [0.25, 0.3) is 0 Å². The molecule has 0 heterocycles. The van der Waals surface area contributed by atoms with Crippen LogP contribution in [-0.4, -0.2) is 92.7 Å². The Hall–Kier alpha value is -0.646. The van der Waals surface area contributed by atoms with Crippen molar-refractivity contribution < 1.29 is 99.2 Å². The fraction of sp³-hybridized carbons (Fsp3) is 0.800. The first-order chi connectivity index (χ1) is 17.9. The minimum absolute atomic E-state index is 0. The molecule has 0 saturated carbocycles. The summed E-state index contributed by atoms with van der Waals surface area (Å²) in [5.74, 6) is -5.10. The molecule has 0 amide bonds. The van der Waals surface area contributed by atoms with Crippen molar-refractivity contribution >= 4 is 53.4 Å². The van der Waals surface area contributed by atoms with E-state index in [2.05, 4.69) is 0 Å². The molecular weight excluding hydrogens is 668 g/mol. The molecule has 0 rings (SSSR count). The summed E-state index contributed by atoms with van der Waals surface area (Å²) >= 11 is 0. The van der Waals surface area contributed by atoms with Gasteiger partial charge in [-0.3, -0.25) is 18.3 Å². The summed E-state index contributed by atoms with van der Waals surface area (Å²) in [6.07, 6.45) is -1.52. The molecule has 4 N–H and O–H groups in total. The SMILES string of the molecule is CCP(=O)(O)CCC(=O)[O-].CCP(=O)(O)CCC(=O)[O-].CCP(=O)(O)CCC(=O)[O-].CCP(=O)(O)CCC(=O)[O-].[Ti+4]. The predicted octanol–water partition coefficient (Wildman–Crippen LogP) is -2.34. The van der Waals surface area contributed by atoms with Gasteiger partial charge in [0.05, 0.1) is 0 Å². The van der Waals surface area contributed by atoms with E-state index >= 15 is 0 Å². The van der Waals surface area contributed by atoms with E-state index in [1.54, 1.807) is 27.7 Å². The van der Waals surface area contributed by atoms with E-state index in [0.29, 0.717) is 0 Å². The van der Waals surface area contributed by atoms with E-state index < -0.39 is 53.4 Å². The van der Waals surface area contributed by atoms with E-state index in [4.69, 9.17) is 19.6 Å². The molecule has 0 saturated heterocycles. The van der Waals surface area contributed by atoms with Crippen molar-refractivity contribution in [2.45, 2.75) is 53.4 Å². The summed E-state index contributed by atoms with van der Waals surface area (Å²) in [6.45, 7) is 6.21. The van der Waals surface area contributed by atoms with Crippen molar-refractivity contribution in [1.29, 1.82) is 0 Å². The third-order valence-corrected chi connectivity index (χ3v) is 12.3. The van der Waals surface area contributed by atoms with Crippen LogP contribution in [0.4, 0.5) is 0 Å². The van der Waals surface area contributed by atoms with Crippen molar-refractivity contribution in [2.75, 3.05) is 49.3 Å². The first-order valence-corrected chi connectivity index (χ1v) is 20.1. The molecule has 0 radical (unpaired) electrons. The second kappa shape index (κ2) is 25.8. The number of carbonyl (C=O) groups excluding carboxylic acids is 4. The van der Waals surface area contributed by atoms with Crippen LogP contribution in [0.1, 0.15) is 53.4 Å². The third-order valence-electron chi connectivity index (χ3n) is 4.64. The van der Waals surface area contributed by atoms with E-state index in [-0.39, 0.29) is 96.7 Å². The van der Waals surface area contributed by atoms with Gasteiger partial charge in [-0.15, -0.1) is 0 Å². The average molecular weight is 708 g/mol. The van der Waals surface area contributed by atoms with Crippen LogP contribution < -0.4 is 20.4 Å². The standard InChI is InChI=1S/4C5H11O4P.Ti/c4*1-2-10(8,9)4-3-5(6)7;/h4*2-4H2,1H3,(H,6,7)(H,8,9);/q;;;;+4/p-4. The molecule has 0 aliphatic heterocycles. The van der Waals surface area contributed by atoms with Crippen LogP contribution >= 0.6 is 29.5 Å². The number of hydrogen-bond acceptors (Lipinski definition) is 12. The van der Waals surface area contributed by atoms with Crippen LogP contribution in [0, 0.1) is 0 Å². The van der Waals surface area contributed by atoms with Gasteiger partial charge in [0.1, 0.15) is 0 Å². The Balaban J connectivity index is -0.000000139. The molecule has 0 spiro atoms. The Morgan fingerprint density at radius 2 is 0.561 bits per heavy atom. The van der Waals surface area contributed by atoms with Crippen molar-refractivity contribution in [3.63, 3.8) is 0 Å². The van der Waals surface area contributed by atoms with Crippen LogP contribution in [0.3, 0.4) is 0 Å². The minimum atomic E-state index is -3.15. The third kappa shape index (κ3) is 43.9. The zero-order valence-electron chi connectivity index (χ0n) is 23.5. The number of hydrogen-bond donors (Lipinski definition) is 4. The minimum Gasteiger partial charge on any atom is -0.550 e. The summed E-state index contributed by atoms with van der Waals surface area (Å²) in [7, 11) is -12.6. The predicted molar refractivity (Wildman–Crippen MR) is 139 cm³/mol. The van der Waals surface area contributed by atoms with Crippen molar-refractivity contribution in [1.82, 2.24) is 0 Å². The van der Waals surface area contributed by atoms with E-state index in [1.807, 2.05) is 0 Å². The molecule has 0 fully saturated rings. The molecule has 4 unspecified atom stereocenters. The van der Waals surface area contributed by atoms with Gasteiger partial charge in [0.15, 0.2) is 0 Å². The number of carboxylic acid groups (broad SMARTS) is 4. The molecular formula is C20H40O16P4Ti. The van der Waals surface area contributed by atoms with Gasteiger partial charge in [0.2, 0.25) is 29.5 Å². The zero-order chi connectivity index (χ0) is 32.8. The second-order valence-corrected chi connectivity index (χ2v) is 19.1. The maximum atomic E-state index is 10.8. The smallest absolute Gasteiger partial charge is 0.550 e. The molecule has 0 aromatic carbocycles. The van der Waals surface area contributed by atoms with E-state index in [1.165, 1.54) is 0 Å². The van der Waals surface area contributed by atoms with Crippen LogP contribution in [-0.2, 0) is 59.2 Å². The zero-order valence-corrected chi connectivity index (χ0v) is 28.6. The number of carboxylic acids is 4. The largest absolute Gasteiger partial charge is 4.00 e. The number of rotatable bonds is 16. The van der Waals surface area contributed by atoms with Crippen LogP contribution in [0.15, 0.2) is 0 Å². The Morgan fingerprint density at radius 1 is 0.439 bits per heavy atom. The monoisotopic (exact) mass is 708 g/mol. The topological polar surface area (TPSA) is 310 Å². The fourth-order valence-corrected chi connectivity index (χ4v) is 5.09. The van der Waals surface area contributed by atoms with E-state index in [0.717, 1.165) is 0 Å². The average Bonchev–Trinajstić information content (AvgIpc) is 2.85. The van der Waals surface area contributed by atoms with Gasteiger partial charge in [-0.2, -0.15) is 0 Å². The van der Waals surface area contributed by atoms with Crippen LogP contribution in [0.2, 0.25) is 0 Å². The van der Waals surface area contributed by atoms with Gasteiger partial charge in [-0.05, 0) is 25.7 Å². The molecule has 21 heteroatoms. The molecule has 0 bridgehead atoms. The molecule has 4 atom stereocenters. The van der Waals surface area contributed by atoms with Gasteiger partial charge in [0.25, 0.3) is 0 Å². The molecule has 0 aromatic heterocycles.